The number of hydrogen-bond acceptors (Lipinski definition) is 2. The van der Waals surface area contributed by atoms with Crippen LogP contribution < -0.4 is 4.90 Å². The summed E-state index contributed by atoms with van der Waals surface area (Å²) in [5.41, 5.74) is 9.74. The van der Waals surface area contributed by atoms with Crippen LogP contribution in [-0.2, 0) is 0 Å². The molecule has 0 aliphatic carbocycles. The topological polar surface area (TPSA) is 16.4 Å². The first kappa shape index (κ1) is 28.4. The lowest BCUT2D eigenvalue weighted by atomic mass is 9.99. The minimum absolute atomic E-state index is 0.911. The van der Waals surface area contributed by atoms with Crippen LogP contribution in [0.4, 0.5) is 17.1 Å². The van der Waals surface area contributed by atoms with Gasteiger partial charge in [-0.15, -0.1) is 0 Å². The van der Waals surface area contributed by atoms with E-state index in [9.17, 15) is 0 Å². The number of para-hydroxylation sites is 2. The second-order valence-electron chi connectivity index (χ2n) is 13.0. The standard InChI is InChI=1S/C48H31NO/c1-2-10-37-30-38(19-16-32(37)8-1)33-20-25-39(26-21-33)49(41-29-24-36-18-17-34-9-3-4-11-42(34)46(36)31-41)40-27-22-35(23-28-40)43-13-7-14-45-44-12-5-6-15-47(44)50-48(43)45/h1-31H. The van der Waals surface area contributed by atoms with Gasteiger partial charge < -0.3 is 9.32 Å². The highest BCUT2D eigenvalue weighted by Gasteiger charge is 2.16. The van der Waals surface area contributed by atoms with E-state index in [4.69, 9.17) is 4.42 Å². The van der Waals surface area contributed by atoms with E-state index < -0.39 is 0 Å². The SMILES string of the molecule is c1ccc2cc(-c3ccc(N(c4ccc(-c5cccc6c5oc5ccccc56)cc4)c4ccc5ccc6ccccc6c5c4)cc3)ccc2c1. The first-order valence-electron chi connectivity index (χ1n) is 17.1. The molecule has 2 heteroatoms. The maximum absolute atomic E-state index is 6.39. The van der Waals surface area contributed by atoms with Crippen molar-refractivity contribution in [2.45, 2.75) is 0 Å². The normalized spacial score (nSPS) is 11.6. The first-order chi connectivity index (χ1) is 24.8. The molecule has 9 aromatic carbocycles. The van der Waals surface area contributed by atoms with Gasteiger partial charge in [0.05, 0.1) is 0 Å². The van der Waals surface area contributed by atoms with E-state index in [-0.39, 0.29) is 0 Å². The molecular weight excluding hydrogens is 607 g/mol. The summed E-state index contributed by atoms with van der Waals surface area (Å²) < 4.78 is 6.39. The fourth-order valence-electron chi connectivity index (χ4n) is 7.51. The Morgan fingerprint density at radius 3 is 1.68 bits per heavy atom. The maximum atomic E-state index is 6.39. The van der Waals surface area contributed by atoms with Crippen LogP contribution in [0.2, 0.25) is 0 Å². The molecule has 0 aliphatic rings. The minimum atomic E-state index is 0.911. The quantitative estimate of drug-likeness (QED) is 0.175. The molecule has 10 rings (SSSR count). The summed E-state index contributed by atoms with van der Waals surface area (Å²) in [5, 5.41) is 9.75. The van der Waals surface area contributed by atoms with E-state index in [0.717, 1.165) is 50.1 Å². The van der Waals surface area contributed by atoms with Crippen molar-refractivity contribution in [2.24, 2.45) is 0 Å². The summed E-state index contributed by atoms with van der Waals surface area (Å²) in [6.07, 6.45) is 0. The zero-order valence-electron chi connectivity index (χ0n) is 27.3. The zero-order valence-corrected chi connectivity index (χ0v) is 27.3. The van der Waals surface area contributed by atoms with Crippen LogP contribution in [0, 0.1) is 0 Å². The number of rotatable bonds is 5. The monoisotopic (exact) mass is 637 g/mol. The molecule has 0 amide bonds. The largest absolute Gasteiger partial charge is 0.455 e. The van der Waals surface area contributed by atoms with Gasteiger partial charge in [-0.1, -0.05) is 140 Å². The fourth-order valence-corrected chi connectivity index (χ4v) is 7.51. The zero-order chi connectivity index (χ0) is 33.0. The smallest absolute Gasteiger partial charge is 0.143 e. The molecule has 2 nitrogen and oxygen atoms in total. The highest BCUT2D eigenvalue weighted by atomic mass is 16.3. The van der Waals surface area contributed by atoms with Gasteiger partial charge in [0.1, 0.15) is 11.2 Å². The highest BCUT2D eigenvalue weighted by Crippen LogP contribution is 2.41. The minimum Gasteiger partial charge on any atom is -0.455 e. The second kappa shape index (κ2) is 11.5. The van der Waals surface area contributed by atoms with E-state index in [1.807, 2.05) is 12.1 Å². The van der Waals surface area contributed by atoms with Gasteiger partial charge in [0.15, 0.2) is 0 Å². The van der Waals surface area contributed by atoms with Crippen LogP contribution in [-0.4, -0.2) is 0 Å². The molecule has 10 aromatic rings. The van der Waals surface area contributed by atoms with E-state index in [2.05, 4.69) is 181 Å². The fraction of sp³-hybridized carbons (Fsp3) is 0. The van der Waals surface area contributed by atoms with Crippen molar-refractivity contribution < 1.29 is 4.42 Å². The first-order valence-corrected chi connectivity index (χ1v) is 17.1. The lowest BCUT2D eigenvalue weighted by molar-refractivity contribution is 0.670. The van der Waals surface area contributed by atoms with Crippen molar-refractivity contribution in [1.82, 2.24) is 0 Å². The Bertz CT molecular complexity index is 2860. The Morgan fingerprint density at radius 2 is 0.880 bits per heavy atom. The van der Waals surface area contributed by atoms with Crippen LogP contribution >= 0.6 is 0 Å². The molecular formula is C48H31NO. The van der Waals surface area contributed by atoms with Gasteiger partial charge in [0.25, 0.3) is 0 Å². The molecule has 234 valence electrons. The van der Waals surface area contributed by atoms with Gasteiger partial charge in [-0.25, -0.2) is 0 Å². The van der Waals surface area contributed by atoms with Crippen LogP contribution in [0.3, 0.4) is 0 Å². The number of furan rings is 1. The van der Waals surface area contributed by atoms with Gasteiger partial charge in [-0.05, 0) is 97.5 Å². The Morgan fingerprint density at radius 1 is 0.320 bits per heavy atom. The van der Waals surface area contributed by atoms with Gasteiger partial charge in [-0.3, -0.25) is 0 Å². The second-order valence-corrected chi connectivity index (χ2v) is 13.0. The highest BCUT2D eigenvalue weighted by molar-refractivity contribution is 6.10. The summed E-state index contributed by atoms with van der Waals surface area (Å²) >= 11 is 0. The van der Waals surface area contributed by atoms with Crippen LogP contribution in [0.1, 0.15) is 0 Å². The average Bonchev–Trinajstić information content (AvgIpc) is 3.57. The van der Waals surface area contributed by atoms with Crippen molar-refractivity contribution in [3.8, 4) is 22.3 Å². The Labute approximate surface area is 290 Å². The van der Waals surface area contributed by atoms with E-state index in [1.54, 1.807) is 0 Å². The van der Waals surface area contributed by atoms with Gasteiger partial charge in [0, 0.05) is 33.4 Å². The van der Waals surface area contributed by atoms with Crippen LogP contribution in [0.15, 0.2) is 192 Å². The molecule has 0 unspecified atom stereocenters. The van der Waals surface area contributed by atoms with Gasteiger partial charge in [-0.2, -0.15) is 0 Å². The lowest BCUT2D eigenvalue weighted by Crippen LogP contribution is -2.09. The van der Waals surface area contributed by atoms with Gasteiger partial charge >= 0.3 is 0 Å². The Balaban J connectivity index is 1.10. The van der Waals surface area contributed by atoms with E-state index >= 15 is 0 Å². The summed E-state index contributed by atoms with van der Waals surface area (Å²) in [6, 6.07) is 67.6. The maximum Gasteiger partial charge on any atom is 0.143 e. The number of anilines is 3. The van der Waals surface area contributed by atoms with Crippen molar-refractivity contribution in [1.29, 1.82) is 0 Å². The molecule has 0 bridgehead atoms. The molecule has 50 heavy (non-hydrogen) atoms. The predicted molar refractivity (Wildman–Crippen MR) is 212 cm³/mol. The number of fused-ring (bicyclic) bond motifs is 7. The molecule has 0 fully saturated rings. The molecule has 0 radical (unpaired) electrons. The molecule has 0 N–H and O–H groups in total. The molecule has 0 aliphatic heterocycles. The summed E-state index contributed by atoms with van der Waals surface area (Å²) in [5.74, 6) is 0. The van der Waals surface area contributed by atoms with Gasteiger partial charge in [0.2, 0.25) is 0 Å². The summed E-state index contributed by atoms with van der Waals surface area (Å²) in [7, 11) is 0. The molecule has 0 spiro atoms. The van der Waals surface area contributed by atoms with Crippen molar-refractivity contribution in [3.05, 3.63) is 188 Å². The molecule has 1 aromatic heterocycles. The third-order valence-corrected chi connectivity index (χ3v) is 10.0. The predicted octanol–water partition coefficient (Wildman–Crippen LogP) is 13.8. The van der Waals surface area contributed by atoms with E-state index in [0.29, 0.717) is 0 Å². The molecule has 0 saturated heterocycles. The summed E-state index contributed by atoms with van der Waals surface area (Å²) in [4.78, 5) is 2.36. The van der Waals surface area contributed by atoms with Crippen LogP contribution in [0.5, 0.6) is 0 Å². The lowest BCUT2D eigenvalue weighted by Gasteiger charge is -2.26. The van der Waals surface area contributed by atoms with Crippen molar-refractivity contribution in [2.75, 3.05) is 4.90 Å². The molecule has 0 saturated carbocycles. The third kappa shape index (κ3) is 4.73. The number of benzene rings is 9. The van der Waals surface area contributed by atoms with Crippen molar-refractivity contribution >= 4 is 71.3 Å². The number of hydrogen-bond donors (Lipinski definition) is 0. The Kier molecular flexibility index (Phi) is 6.53. The van der Waals surface area contributed by atoms with E-state index in [1.165, 1.54) is 43.4 Å². The molecule has 1 heterocycles. The summed E-state index contributed by atoms with van der Waals surface area (Å²) in [6.45, 7) is 0. The number of nitrogens with zero attached hydrogens (tertiary/aromatic N) is 1. The van der Waals surface area contributed by atoms with Crippen molar-refractivity contribution in [3.63, 3.8) is 0 Å². The van der Waals surface area contributed by atoms with Crippen LogP contribution in [0.25, 0.3) is 76.5 Å². The molecule has 0 atom stereocenters. The average molecular weight is 638 g/mol. The Hall–Kier alpha value is -6.64. The third-order valence-electron chi connectivity index (χ3n) is 10.0.